The summed E-state index contributed by atoms with van der Waals surface area (Å²) < 4.78 is 41.0. The third kappa shape index (κ3) is 7.36. The molecule has 1 atom stereocenters. The average Bonchev–Trinajstić information content (AvgIpc) is 2.89. The van der Waals surface area contributed by atoms with Crippen LogP contribution < -0.4 is 9.64 Å². The minimum Gasteiger partial charge on any atom is -0.479 e. The lowest BCUT2D eigenvalue weighted by Gasteiger charge is -2.40. The van der Waals surface area contributed by atoms with Gasteiger partial charge in [-0.15, -0.1) is 0 Å². The molecule has 1 fully saturated rings. The number of rotatable bonds is 9. The molecule has 7 nitrogen and oxygen atoms in total. The molecule has 4 rings (SSSR count). The number of carboxylic acids is 1. The highest BCUT2D eigenvalue weighted by atomic mass is 35.5. The van der Waals surface area contributed by atoms with Crippen LogP contribution in [0.4, 0.5) is 14.5 Å². The second-order valence-electron chi connectivity index (χ2n) is 12.4. The van der Waals surface area contributed by atoms with Crippen molar-refractivity contribution in [1.82, 2.24) is 9.97 Å². The van der Waals surface area contributed by atoms with Crippen LogP contribution in [0.1, 0.15) is 70.4 Å². The zero-order valence-electron chi connectivity index (χ0n) is 24.9. The van der Waals surface area contributed by atoms with E-state index in [0.717, 1.165) is 12.8 Å². The lowest BCUT2D eigenvalue weighted by Crippen LogP contribution is -2.39. The van der Waals surface area contributed by atoms with Gasteiger partial charge in [0.05, 0.1) is 17.9 Å². The van der Waals surface area contributed by atoms with Gasteiger partial charge < -0.3 is 19.5 Å². The van der Waals surface area contributed by atoms with E-state index in [4.69, 9.17) is 21.1 Å². The fourth-order valence-electron chi connectivity index (χ4n) is 5.10. The number of benzene rings is 1. The number of carboxylic acid groups (broad SMARTS) is 1. The fourth-order valence-corrected chi connectivity index (χ4v) is 5.35. The summed E-state index contributed by atoms with van der Waals surface area (Å²) >= 11 is 6.09. The molecule has 0 aliphatic carbocycles. The van der Waals surface area contributed by atoms with Crippen molar-refractivity contribution in [3.8, 4) is 17.0 Å². The van der Waals surface area contributed by atoms with E-state index >= 15 is 4.39 Å². The van der Waals surface area contributed by atoms with Gasteiger partial charge in [0.15, 0.2) is 11.9 Å². The molecule has 1 unspecified atom stereocenters. The van der Waals surface area contributed by atoms with E-state index in [-0.39, 0.29) is 34.9 Å². The maximum atomic E-state index is 15.3. The molecular formula is C32H38ClF2N3O4. The van der Waals surface area contributed by atoms with E-state index in [0.29, 0.717) is 41.2 Å². The van der Waals surface area contributed by atoms with Gasteiger partial charge in [0.2, 0.25) is 5.88 Å². The van der Waals surface area contributed by atoms with Crippen LogP contribution in [0.25, 0.3) is 11.1 Å². The largest absolute Gasteiger partial charge is 0.479 e. The van der Waals surface area contributed by atoms with Gasteiger partial charge >= 0.3 is 5.97 Å². The number of pyridine rings is 2. The fraction of sp³-hybridized carbons (Fsp3) is 0.469. The molecule has 10 heteroatoms. The Bertz CT molecular complexity index is 1430. The first-order valence-corrected chi connectivity index (χ1v) is 14.4. The number of nitrogens with zero attached hydrogens (tertiary/aromatic N) is 3. The number of anilines is 1. The number of piperidine rings is 1. The highest BCUT2D eigenvalue weighted by Gasteiger charge is 2.36. The first kappa shape index (κ1) is 31.6. The Hall–Kier alpha value is -3.30. The van der Waals surface area contributed by atoms with E-state index in [1.165, 1.54) is 24.4 Å². The average molecular weight is 602 g/mol. The number of ether oxygens (including phenoxy) is 2. The Kier molecular flexibility index (Phi) is 9.42. The second-order valence-corrected chi connectivity index (χ2v) is 12.8. The van der Waals surface area contributed by atoms with Crippen molar-refractivity contribution >= 4 is 23.3 Å². The van der Waals surface area contributed by atoms with Crippen LogP contribution in [0, 0.1) is 24.0 Å². The topological polar surface area (TPSA) is 84.8 Å². The molecule has 0 spiro atoms. The van der Waals surface area contributed by atoms with Gasteiger partial charge in [-0.25, -0.2) is 18.6 Å². The quantitative estimate of drug-likeness (QED) is 0.271. The Morgan fingerprint density at radius 2 is 1.83 bits per heavy atom. The maximum absolute atomic E-state index is 15.3. The van der Waals surface area contributed by atoms with Gasteiger partial charge in [0, 0.05) is 64.9 Å². The van der Waals surface area contributed by atoms with Crippen molar-refractivity contribution in [3.63, 3.8) is 0 Å². The van der Waals surface area contributed by atoms with Gasteiger partial charge in [0.25, 0.3) is 0 Å². The summed E-state index contributed by atoms with van der Waals surface area (Å²) in [7, 11) is 0. The first-order chi connectivity index (χ1) is 19.7. The van der Waals surface area contributed by atoms with E-state index < -0.39 is 29.3 Å². The molecule has 3 heterocycles. The van der Waals surface area contributed by atoms with E-state index in [1.807, 2.05) is 0 Å². The molecule has 3 aromatic rings. The lowest BCUT2D eigenvalue weighted by molar-refractivity contribution is -0.160. The predicted molar refractivity (Wildman–Crippen MR) is 159 cm³/mol. The van der Waals surface area contributed by atoms with E-state index in [9.17, 15) is 14.3 Å². The smallest absolute Gasteiger partial charge is 0.337 e. The second kappa shape index (κ2) is 12.5. The molecule has 0 bridgehead atoms. The number of hydrogen-bond donors (Lipinski definition) is 1. The zero-order chi connectivity index (χ0) is 30.8. The van der Waals surface area contributed by atoms with Crippen molar-refractivity contribution in [2.75, 3.05) is 24.6 Å². The molecule has 1 aliphatic rings. The first-order valence-electron chi connectivity index (χ1n) is 14.0. The van der Waals surface area contributed by atoms with Crippen LogP contribution in [0.3, 0.4) is 0 Å². The molecule has 226 valence electrons. The highest BCUT2D eigenvalue weighted by molar-refractivity contribution is 6.31. The number of aromatic nitrogens is 2. The van der Waals surface area contributed by atoms with Gasteiger partial charge in [-0.05, 0) is 64.2 Å². The molecule has 1 aliphatic heterocycles. The number of carbonyl (C=O) groups is 1. The predicted octanol–water partition coefficient (Wildman–Crippen LogP) is 7.57. The molecule has 1 N–H and O–H groups in total. The van der Waals surface area contributed by atoms with Gasteiger partial charge in [0.1, 0.15) is 5.82 Å². The van der Waals surface area contributed by atoms with Gasteiger partial charge in [-0.2, -0.15) is 0 Å². The third-order valence-corrected chi connectivity index (χ3v) is 7.80. The Morgan fingerprint density at radius 1 is 1.14 bits per heavy atom. The van der Waals surface area contributed by atoms with E-state index in [1.54, 1.807) is 40.0 Å². The van der Waals surface area contributed by atoms with Crippen LogP contribution in [-0.2, 0) is 16.0 Å². The summed E-state index contributed by atoms with van der Waals surface area (Å²) in [6.07, 6.45) is 3.75. The normalized spacial score (nSPS) is 15.9. The summed E-state index contributed by atoms with van der Waals surface area (Å²) in [5.74, 6) is -2.53. The summed E-state index contributed by atoms with van der Waals surface area (Å²) in [6.45, 7) is 12.9. The monoisotopic (exact) mass is 601 g/mol. The van der Waals surface area contributed by atoms with Crippen LogP contribution in [0.5, 0.6) is 5.88 Å². The lowest BCUT2D eigenvalue weighted by atomic mass is 9.82. The summed E-state index contributed by atoms with van der Waals surface area (Å²) in [5, 5.41) is 10.5. The molecular weight excluding hydrogens is 564 g/mol. The molecule has 42 heavy (non-hydrogen) atoms. The van der Waals surface area contributed by atoms with Crippen molar-refractivity contribution in [2.24, 2.45) is 5.41 Å². The molecule has 1 saturated heterocycles. The van der Waals surface area contributed by atoms with Crippen molar-refractivity contribution in [1.29, 1.82) is 0 Å². The minimum absolute atomic E-state index is 0.0284. The number of aryl methyl sites for hydroxylation is 1. The molecule has 0 radical (unpaired) electrons. The Morgan fingerprint density at radius 3 is 2.43 bits per heavy atom. The SMILES string of the molecule is Cc1ncc(-c2cnc(OCCc3c(F)cccc3Cl)c(F)c2)c(N2CCC(C)(C)CC2)c1C(OC(C)(C)C)C(=O)O. The molecule has 2 aromatic heterocycles. The summed E-state index contributed by atoms with van der Waals surface area (Å²) in [5.41, 5.74) is 2.28. The summed E-state index contributed by atoms with van der Waals surface area (Å²) in [6, 6.07) is 5.70. The molecule has 0 amide bonds. The number of hydrogen-bond acceptors (Lipinski definition) is 6. The number of halogens is 3. The minimum atomic E-state index is -1.28. The van der Waals surface area contributed by atoms with Gasteiger partial charge in [-0.1, -0.05) is 31.5 Å². The summed E-state index contributed by atoms with van der Waals surface area (Å²) in [4.78, 5) is 23.5. The Balaban J connectivity index is 1.72. The third-order valence-electron chi connectivity index (χ3n) is 7.45. The highest BCUT2D eigenvalue weighted by Crippen LogP contribution is 2.43. The van der Waals surface area contributed by atoms with Gasteiger partial charge in [-0.3, -0.25) is 4.98 Å². The van der Waals surface area contributed by atoms with E-state index in [2.05, 4.69) is 28.7 Å². The maximum Gasteiger partial charge on any atom is 0.337 e. The molecule has 0 saturated carbocycles. The van der Waals surface area contributed by atoms with Crippen LogP contribution >= 0.6 is 11.6 Å². The standard InChI is InChI=1S/C32H38ClF2N3O4/c1-19-26(28(30(39)40)42-31(2,3)4)27(38-13-11-32(5,6)12-14-38)22(18-36-19)20-16-25(35)29(37-17-20)41-15-10-21-23(33)8-7-9-24(21)34/h7-9,16-18,28H,10-15H2,1-6H3,(H,39,40). The van der Waals surface area contributed by atoms with Crippen molar-refractivity contribution < 1.29 is 28.2 Å². The van der Waals surface area contributed by atoms with Crippen LogP contribution in [0.15, 0.2) is 36.7 Å². The number of aliphatic carboxylic acids is 1. The van der Waals surface area contributed by atoms with Crippen molar-refractivity contribution in [3.05, 3.63) is 70.1 Å². The van der Waals surface area contributed by atoms with Crippen molar-refractivity contribution in [2.45, 2.75) is 72.5 Å². The molecule has 1 aromatic carbocycles. The van der Waals surface area contributed by atoms with Crippen LogP contribution in [-0.4, -0.2) is 46.3 Å². The van der Waals surface area contributed by atoms with Crippen LogP contribution in [0.2, 0.25) is 5.02 Å². The Labute approximate surface area is 250 Å². The zero-order valence-corrected chi connectivity index (χ0v) is 25.7.